The van der Waals surface area contributed by atoms with Crippen LogP contribution < -0.4 is 5.32 Å². The molecule has 0 spiro atoms. The largest absolute Gasteiger partial charge is 0.465 e. The second-order valence-electron chi connectivity index (χ2n) is 5.18. The summed E-state index contributed by atoms with van der Waals surface area (Å²) >= 11 is 5.06. The Labute approximate surface area is 133 Å². The van der Waals surface area contributed by atoms with Gasteiger partial charge in [0, 0.05) is 10.9 Å². The third kappa shape index (κ3) is 4.57. The van der Waals surface area contributed by atoms with E-state index in [9.17, 15) is 4.79 Å². The second kappa shape index (κ2) is 8.15. The van der Waals surface area contributed by atoms with Gasteiger partial charge in [-0.2, -0.15) is 0 Å². The Balaban J connectivity index is 2.07. The number of halogens is 1. The van der Waals surface area contributed by atoms with Crippen LogP contribution in [0, 0.1) is 0 Å². The molecule has 0 aromatic carbocycles. The molecule has 5 heteroatoms. The summed E-state index contributed by atoms with van der Waals surface area (Å²) in [4.78, 5) is 13.2. The molecule has 0 bridgehead atoms. The monoisotopic (exact) mass is 359 g/mol. The molecule has 1 unspecified atom stereocenters. The van der Waals surface area contributed by atoms with Crippen molar-refractivity contribution < 1.29 is 9.53 Å². The highest BCUT2D eigenvalue weighted by molar-refractivity contribution is 9.11. The summed E-state index contributed by atoms with van der Waals surface area (Å²) in [5.74, 6) is -0.161. The smallest absolute Gasteiger partial charge is 0.328 e. The molecule has 1 aromatic heterocycles. The lowest BCUT2D eigenvalue weighted by Crippen LogP contribution is -2.37. The molecule has 0 radical (unpaired) electrons. The lowest BCUT2D eigenvalue weighted by Gasteiger charge is -2.23. The van der Waals surface area contributed by atoms with Crippen LogP contribution in [0.15, 0.2) is 15.9 Å². The zero-order chi connectivity index (χ0) is 14.4. The van der Waals surface area contributed by atoms with Gasteiger partial charge in [-0.05, 0) is 47.8 Å². The van der Waals surface area contributed by atoms with E-state index in [0.717, 1.165) is 21.5 Å². The van der Waals surface area contributed by atoms with E-state index in [2.05, 4.69) is 21.2 Å². The molecule has 1 aromatic rings. The highest BCUT2D eigenvalue weighted by Gasteiger charge is 2.26. The Kier molecular flexibility index (Phi) is 6.52. The maximum Gasteiger partial charge on any atom is 0.328 e. The summed E-state index contributed by atoms with van der Waals surface area (Å²) in [6.45, 7) is 2.28. The Morgan fingerprint density at radius 2 is 2.10 bits per heavy atom. The predicted molar refractivity (Wildman–Crippen MR) is 86.0 cm³/mol. The summed E-state index contributed by atoms with van der Waals surface area (Å²) < 4.78 is 6.28. The molecule has 3 nitrogen and oxygen atoms in total. The standard InChI is InChI=1S/C15H22BrNO2S/c1-2-19-15(18)14(12-9-10-13(16)20-12)17-11-7-5-3-4-6-8-11/h9-11,14,17H,2-8H2,1H3. The van der Waals surface area contributed by atoms with Crippen LogP contribution in [0.4, 0.5) is 0 Å². The maximum atomic E-state index is 12.2. The highest BCUT2D eigenvalue weighted by atomic mass is 79.9. The molecule has 20 heavy (non-hydrogen) atoms. The first-order valence-electron chi connectivity index (χ1n) is 7.38. The molecule has 1 N–H and O–H groups in total. The minimum atomic E-state index is -0.325. The van der Waals surface area contributed by atoms with Crippen LogP contribution in [0.3, 0.4) is 0 Å². The molecule has 112 valence electrons. The minimum absolute atomic E-state index is 0.161. The van der Waals surface area contributed by atoms with Gasteiger partial charge in [-0.25, -0.2) is 4.79 Å². The van der Waals surface area contributed by atoms with Gasteiger partial charge >= 0.3 is 5.97 Å². The van der Waals surface area contributed by atoms with E-state index in [1.807, 2.05) is 19.1 Å². The molecule has 1 saturated carbocycles. The summed E-state index contributed by atoms with van der Waals surface area (Å²) in [6.07, 6.45) is 7.44. The van der Waals surface area contributed by atoms with E-state index >= 15 is 0 Å². The van der Waals surface area contributed by atoms with Crippen molar-refractivity contribution in [2.24, 2.45) is 0 Å². The van der Waals surface area contributed by atoms with Gasteiger partial charge in [0.15, 0.2) is 0 Å². The summed E-state index contributed by atoms with van der Waals surface area (Å²) in [5, 5.41) is 3.53. The van der Waals surface area contributed by atoms with Crippen molar-refractivity contribution in [1.82, 2.24) is 5.32 Å². The molecule has 1 fully saturated rings. The average Bonchev–Trinajstić information content (AvgIpc) is 2.70. The first kappa shape index (κ1) is 16.0. The van der Waals surface area contributed by atoms with Crippen LogP contribution >= 0.6 is 27.3 Å². The van der Waals surface area contributed by atoms with Crippen molar-refractivity contribution in [3.8, 4) is 0 Å². The zero-order valence-corrected chi connectivity index (χ0v) is 14.3. The molecule has 0 aliphatic heterocycles. The first-order chi connectivity index (χ1) is 9.70. The van der Waals surface area contributed by atoms with E-state index in [1.54, 1.807) is 11.3 Å². The first-order valence-corrected chi connectivity index (χ1v) is 8.99. The number of ether oxygens (including phenoxy) is 1. The van der Waals surface area contributed by atoms with E-state index < -0.39 is 0 Å². The van der Waals surface area contributed by atoms with Crippen molar-refractivity contribution >= 4 is 33.2 Å². The number of carbonyl (C=O) groups excluding carboxylic acids is 1. The van der Waals surface area contributed by atoms with E-state index in [4.69, 9.17) is 4.74 Å². The molecular weight excluding hydrogens is 338 g/mol. The van der Waals surface area contributed by atoms with Gasteiger partial charge < -0.3 is 4.74 Å². The summed E-state index contributed by atoms with van der Waals surface area (Å²) in [7, 11) is 0. The van der Waals surface area contributed by atoms with E-state index in [1.165, 1.54) is 25.7 Å². The fraction of sp³-hybridized carbons (Fsp3) is 0.667. The number of hydrogen-bond acceptors (Lipinski definition) is 4. The topological polar surface area (TPSA) is 38.3 Å². The van der Waals surface area contributed by atoms with Gasteiger partial charge in [0.1, 0.15) is 6.04 Å². The fourth-order valence-corrected chi connectivity index (χ4v) is 4.13. The van der Waals surface area contributed by atoms with Crippen molar-refractivity contribution in [3.05, 3.63) is 20.8 Å². The Bertz CT molecular complexity index is 427. The molecular formula is C15H22BrNO2S. The molecule has 1 atom stereocenters. The number of rotatable bonds is 5. The van der Waals surface area contributed by atoms with Gasteiger partial charge in [0.05, 0.1) is 10.4 Å². The summed E-state index contributed by atoms with van der Waals surface area (Å²) in [5.41, 5.74) is 0. The predicted octanol–water partition coefficient (Wildman–Crippen LogP) is 4.43. The summed E-state index contributed by atoms with van der Waals surface area (Å²) in [6, 6.07) is 4.09. The number of nitrogens with one attached hydrogen (secondary N) is 1. The van der Waals surface area contributed by atoms with Crippen LogP contribution in [0.1, 0.15) is 56.4 Å². The normalized spacial score (nSPS) is 18.5. The van der Waals surface area contributed by atoms with Crippen LogP contribution in [0.5, 0.6) is 0 Å². The van der Waals surface area contributed by atoms with Gasteiger partial charge in [0.2, 0.25) is 0 Å². The third-order valence-electron chi connectivity index (χ3n) is 3.66. The lowest BCUT2D eigenvalue weighted by atomic mass is 10.1. The SMILES string of the molecule is CCOC(=O)C(NC1CCCCCC1)c1ccc(Br)s1. The van der Waals surface area contributed by atoms with Crippen molar-refractivity contribution in [1.29, 1.82) is 0 Å². The highest BCUT2D eigenvalue weighted by Crippen LogP contribution is 2.29. The molecule has 1 aliphatic carbocycles. The Morgan fingerprint density at radius 1 is 1.40 bits per heavy atom. The average molecular weight is 360 g/mol. The van der Waals surface area contributed by atoms with E-state index in [-0.39, 0.29) is 12.0 Å². The van der Waals surface area contributed by atoms with Crippen LogP contribution in [-0.4, -0.2) is 18.6 Å². The molecule has 0 saturated heterocycles. The van der Waals surface area contributed by atoms with Crippen LogP contribution in [0.2, 0.25) is 0 Å². The molecule has 1 heterocycles. The number of thiophene rings is 1. The van der Waals surface area contributed by atoms with Gasteiger partial charge in [-0.1, -0.05) is 25.7 Å². The van der Waals surface area contributed by atoms with Crippen LogP contribution in [0.25, 0.3) is 0 Å². The van der Waals surface area contributed by atoms with Crippen molar-refractivity contribution in [2.45, 2.75) is 57.5 Å². The molecule has 1 aliphatic rings. The number of hydrogen-bond donors (Lipinski definition) is 1. The lowest BCUT2D eigenvalue weighted by molar-refractivity contribution is -0.146. The third-order valence-corrected chi connectivity index (χ3v) is 5.35. The van der Waals surface area contributed by atoms with Crippen molar-refractivity contribution in [3.63, 3.8) is 0 Å². The minimum Gasteiger partial charge on any atom is -0.465 e. The van der Waals surface area contributed by atoms with Gasteiger partial charge in [-0.3, -0.25) is 5.32 Å². The molecule has 2 rings (SSSR count). The zero-order valence-electron chi connectivity index (χ0n) is 11.9. The Morgan fingerprint density at radius 3 is 2.65 bits per heavy atom. The second-order valence-corrected chi connectivity index (χ2v) is 7.68. The fourth-order valence-electron chi connectivity index (χ4n) is 2.66. The van der Waals surface area contributed by atoms with Crippen LogP contribution in [-0.2, 0) is 9.53 Å². The van der Waals surface area contributed by atoms with Gasteiger partial charge in [-0.15, -0.1) is 11.3 Å². The molecule has 0 amide bonds. The maximum absolute atomic E-state index is 12.2. The van der Waals surface area contributed by atoms with Crippen molar-refractivity contribution in [2.75, 3.05) is 6.61 Å². The Hall–Kier alpha value is -0.390. The van der Waals surface area contributed by atoms with Gasteiger partial charge in [0.25, 0.3) is 0 Å². The number of esters is 1. The van der Waals surface area contributed by atoms with E-state index in [0.29, 0.717) is 12.6 Å². The number of carbonyl (C=O) groups is 1. The quantitative estimate of drug-likeness (QED) is 0.624.